The van der Waals surface area contributed by atoms with Crippen LogP contribution in [-0.2, 0) is 4.79 Å². The largest absolute Gasteiger partial charge is 0.366 e. The van der Waals surface area contributed by atoms with Crippen molar-refractivity contribution in [3.63, 3.8) is 0 Å². The van der Waals surface area contributed by atoms with E-state index in [0.717, 1.165) is 24.1 Å². The second-order valence-corrected chi connectivity index (χ2v) is 4.67. The van der Waals surface area contributed by atoms with Crippen molar-refractivity contribution in [2.45, 2.75) is 26.7 Å². The number of rotatable bonds is 4. The van der Waals surface area contributed by atoms with Gasteiger partial charge >= 0.3 is 0 Å². The summed E-state index contributed by atoms with van der Waals surface area (Å²) in [7, 11) is 0. The van der Waals surface area contributed by atoms with Gasteiger partial charge < -0.3 is 10.6 Å². The molecular weight excluding hydrogens is 228 g/mol. The fraction of sp³-hybridized carbons (Fsp3) is 0.429. The predicted molar refractivity (Wildman–Crippen MR) is 70.4 cm³/mol. The maximum absolute atomic E-state index is 12.2. The van der Waals surface area contributed by atoms with E-state index >= 15 is 0 Å². The van der Waals surface area contributed by atoms with Crippen LogP contribution in [0.4, 0.5) is 5.69 Å². The molecule has 96 valence electrons. The number of carbonyl (C=O) groups excluding carboxylic acids is 2. The van der Waals surface area contributed by atoms with Crippen LogP contribution < -0.4 is 10.6 Å². The summed E-state index contributed by atoms with van der Waals surface area (Å²) >= 11 is 0. The summed E-state index contributed by atoms with van der Waals surface area (Å²) in [6.07, 6.45) is 1.95. The van der Waals surface area contributed by atoms with Gasteiger partial charge in [-0.3, -0.25) is 9.59 Å². The average Bonchev–Trinajstić information content (AvgIpc) is 3.15. The van der Waals surface area contributed by atoms with Gasteiger partial charge in [-0.05, 0) is 44.4 Å². The zero-order valence-corrected chi connectivity index (χ0v) is 10.8. The van der Waals surface area contributed by atoms with Gasteiger partial charge in [-0.15, -0.1) is 0 Å². The van der Waals surface area contributed by atoms with Crippen molar-refractivity contribution in [1.82, 2.24) is 0 Å². The Morgan fingerprint density at radius 1 is 1.39 bits per heavy atom. The minimum absolute atomic E-state index is 0.155. The van der Waals surface area contributed by atoms with E-state index in [-0.39, 0.29) is 11.8 Å². The Morgan fingerprint density at radius 2 is 2.06 bits per heavy atom. The lowest BCUT2D eigenvalue weighted by atomic mass is 10.0. The first-order valence-electron chi connectivity index (χ1n) is 6.27. The van der Waals surface area contributed by atoms with Crippen molar-refractivity contribution >= 4 is 17.5 Å². The monoisotopic (exact) mass is 246 g/mol. The summed E-state index contributed by atoms with van der Waals surface area (Å²) in [5, 5.41) is 0. The summed E-state index contributed by atoms with van der Waals surface area (Å²) in [5.41, 5.74) is 7.39. The van der Waals surface area contributed by atoms with Crippen molar-refractivity contribution in [2.75, 3.05) is 11.4 Å². The highest BCUT2D eigenvalue weighted by Gasteiger charge is 2.34. The molecule has 1 aliphatic carbocycles. The Hall–Kier alpha value is -1.84. The minimum Gasteiger partial charge on any atom is -0.366 e. The molecule has 0 aliphatic heterocycles. The number of nitrogens with two attached hydrogens (primary N) is 1. The molecule has 2 N–H and O–H groups in total. The Labute approximate surface area is 107 Å². The van der Waals surface area contributed by atoms with Crippen molar-refractivity contribution in [2.24, 2.45) is 11.7 Å². The molecular formula is C14H18N2O2. The molecule has 2 amide bonds. The first-order valence-corrected chi connectivity index (χ1v) is 6.27. The maximum Gasteiger partial charge on any atom is 0.249 e. The van der Waals surface area contributed by atoms with E-state index in [4.69, 9.17) is 5.73 Å². The number of carbonyl (C=O) groups is 2. The Morgan fingerprint density at radius 3 is 2.56 bits per heavy atom. The van der Waals surface area contributed by atoms with E-state index in [2.05, 4.69) is 0 Å². The molecule has 4 heteroatoms. The number of anilines is 1. The molecule has 4 nitrogen and oxygen atoms in total. The Kier molecular flexibility index (Phi) is 3.36. The van der Waals surface area contributed by atoms with Crippen molar-refractivity contribution in [3.05, 3.63) is 29.3 Å². The molecule has 0 heterocycles. The summed E-state index contributed by atoms with van der Waals surface area (Å²) in [6, 6.07) is 5.33. The first kappa shape index (κ1) is 12.6. The molecule has 0 unspecified atom stereocenters. The minimum atomic E-state index is -0.454. The molecule has 0 bridgehead atoms. The second-order valence-electron chi connectivity index (χ2n) is 4.67. The normalized spacial score (nSPS) is 14.3. The maximum atomic E-state index is 12.2. The SMILES string of the molecule is CCN(C(=O)C1CC1)c1cccc(C(N)=O)c1C. The fourth-order valence-corrected chi connectivity index (χ4v) is 2.18. The highest BCUT2D eigenvalue weighted by Crippen LogP contribution is 2.34. The molecule has 0 saturated heterocycles. The number of hydrogen-bond acceptors (Lipinski definition) is 2. The van der Waals surface area contributed by atoms with E-state index in [1.54, 1.807) is 17.0 Å². The second kappa shape index (κ2) is 4.80. The van der Waals surface area contributed by atoms with Gasteiger partial charge in [0.05, 0.1) is 0 Å². The lowest BCUT2D eigenvalue weighted by molar-refractivity contribution is -0.119. The number of primary amides is 1. The van der Waals surface area contributed by atoms with Gasteiger partial charge in [0, 0.05) is 23.7 Å². The molecule has 0 atom stereocenters. The molecule has 1 aromatic rings. The van der Waals surface area contributed by atoms with Crippen LogP contribution in [0, 0.1) is 12.8 Å². The predicted octanol–water partition coefficient (Wildman–Crippen LogP) is 1.86. The van der Waals surface area contributed by atoms with Crippen molar-refractivity contribution in [3.8, 4) is 0 Å². The van der Waals surface area contributed by atoms with Crippen LogP contribution in [-0.4, -0.2) is 18.4 Å². The van der Waals surface area contributed by atoms with Crippen molar-refractivity contribution in [1.29, 1.82) is 0 Å². The van der Waals surface area contributed by atoms with Crippen LogP contribution in [0.2, 0.25) is 0 Å². The van der Waals surface area contributed by atoms with E-state index in [0.29, 0.717) is 12.1 Å². The molecule has 0 radical (unpaired) electrons. The molecule has 1 aromatic carbocycles. The summed E-state index contributed by atoms with van der Waals surface area (Å²) in [5.74, 6) is -0.131. The molecule has 1 saturated carbocycles. The smallest absolute Gasteiger partial charge is 0.249 e. The van der Waals surface area contributed by atoms with Crippen LogP contribution >= 0.6 is 0 Å². The molecule has 18 heavy (non-hydrogen) atoms. The van der Waals surface area contributed by atoms with Crippen LogP contribution in [0.5, 0.6) is 0 Å². The van der Waals surface area contributed by atoms with Crippen LogP contribution in [0.15, 0.2) is 18.2 Å². The molecule has 2 rings (SSSR count). The number of nitrogens with zero attached hydrogens (tertiary/aromatic N) is 1. The Bertz CT molecular complexity index is 493. The van der Waals surface area contributed by atoms with Crippen LogP contribution in [0.1, 0.15) is 35.7 Å². The Balaban J connectivity index is 2.38. The van der Waals surface area contributed by atoms with Gasteiger partial charge in [-0.25, -0.2) is 0 Å². The van der Waals surface area contributed by atoms with E-state index in [1.807, 2.05) is 19.9 Å². The van der Waals surface area contributed by atoms with Gasteiger partial charge in [0.2, 0.25) is 11.8 Å². The zero-order chi connectivity index (χ0) is 13.3. The summed E-state index contributed by atoms with van der Waals surface area (Å²) in [4.78, 5) is 25.2. The van der Waals surface area contributed by atoms with E-state index in [9.17, 15) is 9.59 Å². The fourth-order valence-electron chi connectivity index (χ4n) is 2.18. The number of amides is 2. The number of hydrogen-bond donors (Lipinski definition) is 1. The molecule has 0 aromatic heterocycles. The average molecular weight is 246 g/mol. The third-order valence-electron chi connectivity index (χ3n) is 3.37. The molecule has 1 aliphatic rings. The third-order valence-corrected chi connectivity index (χ3v) is 3.37. The van der Waals surface area contributed by atoms with Gasteiger partial charge in [0.15, 0.2) is 0 Å². The quantitative estimate of drug-likeness (QED) is 0.881. The molecule has 1 fully saturated rings. The third kappa shape index (κ3) is 2.23. The van der Waals surface area contributed by atoms with Gasteiger partial charge in [0.1, 0.15) is 0 Å². The van der Waals surface area contributed by atoms with Crippen molar-refractivity contribution < 1.29 is 9.59 Å². The van der Waals surface area contributed by atoms with Crippen LogP contribution in [0.3, 0.4) is 0 Å². The highest BCUT2D eigenvalue weighted by molar-refractivity contribution is 6.00. The van der Waals surface area contributed by atoms with Gasteiger partial charge in [-0.2, -0.15) is 0 Å². The lowest BCUT2D eigenvalue weighted by Crippen LogP contribution is -2.33. The zero-order valence-electron chi connectivity index (χ0n) is 10.8. The van der Waals surface area contributed by atoms with Gasteiger partial charge in [-0.1, -0.05) is 6.07 Å². The summed E-state index contributed by atoms with van der Waals surface area (Å²) < 4.78 is 0. The van der Waals surface area contributed by atoms with Crippen LogP contribution in [0.25, 0.3) is 0 Å². The summed E-state index contributed by atoms with van der Waals surface area (Å²) in [6.45, 7) is 4.38. The lowest BCUT2D eigenvalue weighted by Gasteiger charge is -2.23. The van der Waals surface area contributed by atoms with Gasteiger partial charge in [0.25, 0.3) is 0 Å². The topological polar surface area (TPSA) is 63.4 Å². The standard InChI is InChI=1S/C14H18N2O2/c1-3-16(14(18)10-7-8-10)12-6-4-5-11(9(12)2)13(15)17/h4-6,10H,3,7-8H2,1-2H3,(H2,15,17). The van der Waals surface area contributed by atoms with E-state index < -0.39 is 5.91 Å². The first-order chi connectivity index (χ1) is 8.56. The number of benzene rings is 1. The highest BCUT2D eigenvalue weighted by atomic mass is 16.2. The van der Waals surface area contributed by atoms with E-state index in [1.165, 1.54) is 0 Å². The molecule has 0 spiro atoms.